The largest absolute Gasteiger partial charge is 0.479 e. The molecule has 0 radical (unpaired) electrons. The molecule has 0 aliphatic carbocycles. The fourth-order valence-electron chi connectivity index (χ4n) is 1.01. The molecule has 0 aromatic heterocycles. The Bertz CT molecular complexity index is 238. The number of hydrogen-bond donors (Lipinski definition) is 4. The molecular formula is C9H18N2O4S. The van der Waals surface area contributed by atoms with Crippen LogP contribution in [0.2, 0.25) is 0 Å². The van der Waals surface area contributed by atoms with Gasteiger partial charge in [0.2, 0.25) is 0 Å². The van der Waals surface area contributed by atoms with Crippen molar-refractivity contribution in [1.29, 1.82) is 0 Å². The van der Waals surface area contributed by atoms with Crippen molar-refractivity contribution in [2.75, 3.05) is 18.6 Å². The number of aliphatic carboxylic acids is 1. The van der Waals surface area contributed by atoms with E-state index in [0.717, 1.165) is 5.75 Å². The zero-order valence-electron chi connectivity index (χ0n) is 9.40. The first kappa shape index (κ1) is 15.0. The molecule has 0 heterocycles. The summed E-state index contributed by atoms with van der Waals surface area (Å²) in [4.78, 5) is 21.5. The average Bonchev–Trinajstić information content (AvgIpc) is 2.17. The maximum Gasteiger partial charge on any atom is 0.332 e. The first-order valence-corrected chi connectivity index (χ1v) is 6.31. The number of carboxylic acid groups (broad SMARTS) is 1. The number of aliphatic hydroxyl groups is 1. The van der Waals surface area contributed by atoms with Crippen LogP contribution in [0.1, 0.15) is 13.3 Å². The van der Waals surface area contributed by atoms with Crippen LogP contribution in [0.4, 0.5) is 4.79 Å². The quantitative estimate of drug-likeness (QED) is 0.504. The lowest BCUT2D eigenvalue weighted by atomic mass is 10.2. The van der Waals surface area contributed by atoms with Gasteiger partial charge < -0.3 is 20.8 Å². The summed E-state index contributed by atoms with van der Waals surface area (Å²) in [5.41, 5.74) is 0. The second kappa shape index (κ2) is 8.23. The normalized spacial score (nSPS) is 13.9. The van der Waals surface area contributed by atoms with E-state index in [4.69, 9.17) is 10.2 Å². The van der Waals surface area contributed by atoms with Crippen LogP contribution < -0.4 is 10.6 Å². The van der Waals surface area contributed by atoms with Gasteiger partial charge in [-0.1, -0.05) is 0 Å². The number of nitrogens with one attached hydrogen (secondary N) is 2. The monoisotopic (exact) mass is 250 g/mol. The molecule has 2 amide bonds. The number of carboxylic acids is 1. The summed E-state index contributed by atoms with van der Waals surface area (Å²) >= 11 is 1.62. The van der Waals surface area contributed by atoms with E-state index in [2.05, 4.69) is 10.6 Å². The molecule has 0 aromatic rings. The Morgan fingerprint density at radius 1 is 1.44 bits per heavy atom. The number of carbonyl (C=O) groups is 2. The van der Waals surface area contributed by atoms with E-state index in [0.29, 0.717) is 0 Å². The lowest BCUT2D eigenvalue weighted by Crippen LogP contribution is -2.42. The molecule has 0 saturated heterocycles. The SMILES string of the molecule is CSCC(C)NC(=O)NCC[C@H](O)C(=O)O. The molecule has 0 fully saturated rings. The zero-order valence-corrected chi connectivity index (χ0v) is 10.2. The Labute approximate surface area is 98.8 Å². The molecular weight excluding hydrogens is 232 g/mol. The molecule has 16 heavy (non-hydrogen) atoms. The van der Waals surface area contributed by atoms with E-state index in [1.54, 1.807) is 11.8 Å². The third kappa shape index (κ3) is 7.36. The van der Waals surface area contributed by atoms with Crippen LogP contribution in [-0.4, -0.2) is 52.9 Å². The Morgan fingerprint density at radius 2 is 2.06 bits per heavy atom. The molecule has 7 heteroatoms. The molecule has 0 bridgehead atoms. The maximum atomic E-state index is 11.2. The van der Waals surface area contributed by atoms with Gasteiger partial charge in [-0.2, -0.15) is 11.8 Å². The minimum absolute atomic E-state index is 0.000335. The standard InChI is InChI=1S/C9H18N2O4S/c1-6(5-16-2)11-9(15)10-4-3-7(12)8(13)14/h6-7,12H,3-5H2,1-2H3,(H,13,14)(H2,10,11,15)/t6?,7-/m0/s1. The molecule has 0 aliphatic rings. The number of carbonyl (C=O) groups excluding carboxylic acids is 1. The fourth-order valence-corrected chi connectivity index (χ4v) is 1.60. The molecule has 94 valence electrons. The van der Waals surface area contributed by atoms with Crippen molar-refractivity contribution in [2.24, 2.45) is 0 Å². The minimum atomic E-state index is -1.43. The third-order valence-electron chi connectivity index (χ3n) is 1.78. The van der Waals surface area contributed by atoms with Crippen LogP contribution in [0.5, 0.6) is 0 Å². The number of urea groups is 1. The van der Waals surface area contributed by atoms with Crippen molar-refractivity contribution in [3.05, 3.63) is 0 Å². The summed E-state index contributed by atoms with van der Waals surface area (Å²) in [6, 6.07) is -0.293. The van der Waals surface area contributed by atoms with Gasteiger partial charge in [0.05, 0.1) is 0 Å². The highest BCUT2D eigenvalue weighted by atomic mass is 32.2. The number of hydrogen-bond acceptors (Lipinski definition) is 4. The van der Waals surface area contributed by atoms with Crippen molar-refractivity contribution in [1.82, 2.24) is 10.6 Å². The Kier molecular flexibility index (Phi) is 7.74. The summed E-state index contributed by atoms with van der Waals surface area (Å²) < 4.78 is 0. The smallest absolute Gasteiger partial charge is 0.332 e. The molecule has 0 rings (SSSR count). The number of aliphatic hydroxyl groups excluding tert-OH is 1. The van der Waals surface area contributed by atoms with E-state index in [1.807, 2.05) is 13.2 Å². The molecule has 0 aromatic carbocycles. The molecule has 0 saturated carbocycles. The van der Waals surface area contributed by atoms with Gasteiger partial charge in [-0.25, -0.2) is 9.59 Å². The molecule has 2 atom stereocenters. The Hall–Kier alpha value is -0.950. The molecule has 4 N–H and O–H groups in total. The van der Waals surface area contributed by atoms with Crippen LogP contribution in [0.25, 0.3) is 0 Å². The Balaban J connectivity index is 3.62. The highest BCUT2D eigenvalue weighted by Crippen LogP contribution is 1.95. The summed E-state index contributed by atoms with van der Waals surface area (Å²) in [6.45, 7) is 2.01. The highest BCUT2D eigenvalue weighted by molar-refractivity contribution is 7.98. The van der Waals surface area contributed by atoms with Crippen molar-refractivity contribution >= 4 is 23.8 Å². The van der Waals surface area contributed by atoms with Gasteiger partial charge in [-0.15, -0.1) is 0 Å². The van der Waals surface area contributed by atoms with Gasteiger partial charge in [0.1, 0.15) is 0 Å². The van der Waals surface area contributed by atoms with E-state index in [-0.39, 0.29) is 25.0 Å². The second-order valence-corrected chi connectivity index (χ2v) is 4.31. The van der Waals surface area contributed by atoms with Crippen LogP contribution >= 0.6 is 11.8 Å². The molecule has 1 unspecified atom stereocenters. The van der Waals surface area contributed by atoms with Crippen LogP contribution in [-0.2, 0) is 4.79 Å². The fraction of sp³-hybridized carbons (Fsp3) is 0.778. The van der Waals surface area contributed by atoms with Gasteiger partial charge in [0.25, 0.3) is 0 Å². The maximum absolute atomic E-state index is 11.2. The van der Waals surface area contributed by atoms with Gasteiger partial charge in [0, 0.05) is 24.8 Å². The van der Waals surface area contributed by atoms with Crippen LogP contribution in [0.15, 0.2) is 0 Å². The predicted octanol–water partition coefficient (Wildman–Crippen LogP) is -0.127. The summed E-state index contributed by atoms with van der Waals surface area (Å²) in [5, 5.41) is 22.5. The molecule has 0 spiro atoms. The van der Waals surface area contributed by atoms with Gasteiger partial charge in [-0.05, 0) is 13.2 Å². The van der Waals surface area contributed by atoms with Crippen molar-refractivity contribution in [3.8, 4) is 0 Å². The van der Waals surface area contributed by atoms with Gasteiger partial charge in [0.15, 0.2) is 6.10 Å². The van der Waals surface area contributed by atoms with E-state index in [1.165, 1.54) is 0 Å². The summed E-state index contributed by atoms with van der Waals surface area (Å²) in [5.74, 6) is -0.469. The third-order valence-corrected chi connectivity index (χ3v) is 2.62. The topological polar surface area (TPSA) is 98.7 Å². The summed E-state index contributed by atoms with van der Waals surface area (Å²) in [7, 11) is 0. The van der Waals surface area contributed by atoms with E-state index < -0.39 is 12.1 Å². The number of amides is 2. The summed E-state index contributed by atoms with van der Waals surface area (Å²) in [6.07, 6.45) is 0.516. The molecule has 0 aliphatic heterocycles. The van der Waals surface area contributed by atoms with E-state index >= 15 is 0 Å². The second-order valence-electron chi connectivity index (χ2n) is 3.40. The van der Waals surface area contributed by atoms with Gasteiger partial charge >= 0.3 is 12.0 Å². The predicted molar refractivity (Wildman–Crippen MR) is 62.6 cm³/mol. The van der Waals surface area contributed by atoms with Crippen LogP contribution in [0.3, 0.4) is 0 Å². The van der Waals surface area contributed by atoms with Crippen molar-refractivity contribution in [2.45, 2.75) is 25.5 Å². The van der Waals surface area contributed by atoms with Gasteiger partial charge in [-0.3, -0.25) is 0 Å². The Morgan fingerprint density at radius 3 is 2.56 bits per heavy atom. The lowest BCUT2D eigenvalue weighted by molar-refractivity contribution is -0.146. The van der Waals surface area contributed by atoms with Crippen LogP contribution in [0, 0.1) is 0 Å². The average molecular weight is 250 g/mol. The van der Waals surface area contributed by atoms with Crippen molar-refractivity contribution < 1.29 is 19.8 Å². The zero-order chi connectivity index (χ0) is 12.6. The number of thioether (sulfide) groups is 1. The first-order chi connectivity index (χ1) is 7.47. The molecule has 6 nitrogen and oxygen atoms in total. The lowest BCUT2D eigenvalue weighted by Gasteiger charge is -2.13. The first-order valence-electron chi connectivity index (χ1n) is 4.91. The highest BCUT2D eigenvalue weighted by Gasteiger charge is 2.13. The number of rotatable bonds is 7. The van der Waals surface area contributed by atoms with E-state index in [9.17, 15) is 9.59 Å². The van der Waals surface area contributed by atoms with Crippen molar-refractivity contribution in [3.63, 3.8) is 0 Å². The minimum Gasteiger partial charge on any atom is -0.479 e.